The molecule has 2 aromatic rings. The smallest absolute Gasteiger partial charge is 0.306 e. The molecule has 0 saturated heterocycles. The summed E-state index contributed by atoms with van der Waals surface area (Å²) in [6.45, 7) is 2.04. The van der Waals surface area contributed by atoms with Gasteiger partial charge in [-0.2, -0.15) is 0 Å². The highest BCUT2D eigenvalue weighted by Crippen LogP contribution is 2.27. The number of esters is 1. The summed E-state index contributed by atoms with van der Waals surface area (Å²) in [5.74, 6) is -1.06. The van der Waals surface area contributed by atoms with Crippen LogP contribution in [0.25, 0.3) is 0 Å². The Morgan fingerprint density at radius 3 is 2.25 bits per heavy atom. The van der Waals surface area contributed by atoms with Gasteiger partial charge in [-0.15, -0.1) is 11.8 Å². The van der Waals surface area contributed by atoms with E-state index in [1.807, 2.05) is 18.4 Å². The van der Waals surface area contributed by atoms with Gasteiger partial charge in [-0.25, -0.2) is 0 Å². The first kappa shape index (κ1) is 18.6. The predicted molar refractivity (Wildman–Crippen MR) is 98.0 cm³/mol. The van der Waals surface area contributed by atoms with E-state index in [1.165, 1.54) is 0 Å². The maximum atomic E-state index is 12.9. The van der Waals surface area contributed by atoms with Crippen LogP contribution in [0.5, 0.6) is 0 Å². The van der Waals surface area contributed by atoms with Crippen LogP contribution in [0.4, 0.5) is 0 Å². The summed E-state index contributed by atoms with van der Waals surface area (Å²) in [6.07, 6.45) is 1.99. The second kappa shape index (κ2) is 8.90. The van der Waals surface area contributed by atoms with Gasteiger partial charge in [-0.1, -0.05) is 35.9 Å². The molecule has 0 aliphatic carbocycles. The summed E-state index contributed by atoms with van der Waals surface area (Å²) < 4.78 is 5.02. The zero-order valence-corrected chi connectivity index (χ0v) is 15.2. The number of Topliss-reactive ketones (excluding diaryl/α,β-unsaturated/α-hetero) is 1. The van der Waals surface area contributed by atoms with Crippen molar-refractivity contribution in [1.29, 1.82) is 0 Å². The van der Waals surface area contributed by atoms with Crippen LogP contribution in [0.2, 0.25) is 5.02 Å². The van der Waals surface area contributed by atoms with Crippen LogP contribution in [-0.4, -0.2) is 24.6 Å². The summed E-state index contributed by atoms with van der Waals surface area (Å²) in [6, 6.07) is 14.4. The van der Waals surface area contributed by atoms with Crippen molar-refractivity contribution in [2.24, 2.45) is 0 Å². The maximum Gasteiger partial charge on any atom is 0.306 e. The first-order chi connectivity index (χ1) is 11.5. The molecule has 0 amide bonds. The number of carbonyl (C=O) groups is 2. The van der Waals surface area contributed by atoms with Gasteiger partial charge in [-0.3, -0.25) is 9.59 Å². The molecule has 0 fully saturated rings. The Hall–Kier alpha value is -1.78. The second-order valence-corrected chi connectivity index (χ2v) is 6.52. The number of hydrogen-bond donors (Lipinski definition) is 0. The standard InChI is InChI=1S/C19H19ClO3S/c1-3-23-18(21)12-17(13-4-8-15(20)9-5-13)19(22)14-6-10-16(24-2)11-7-14/h4-11,17H,3,12H2,1-2H3. The fourth-order valence-electron chi connectivity index (χ4n) is 2.40. The van der Waals surface area contributed by atoms with Crippen LogP contribution in [-0.2, 0) is 9.53 Å². The van der Waals surface area contributed by atoms with Crippen molar-refractivity contribution in [3.8, 4) is 0 Å². The van der Waals surface area contributed by atoms with E-state index in [1.54, 1.807) is 55.1 Å². The van der Waals surface area contributed by atoms with Crippen molar-refractivity contribution >= 4 is 35.1 Å². The second-order valence-electron chi connectivity index (χ2n) is 5.21. The first-order valence-corrected chi connectivity index (χ1v) is 9.24. The third-order valence-corrected chi connectivity index (χ3v) is 4.64. The molecule has 2 rings (SSSR count). The minimum absolute atomic E-state index is 0.0125. The van der Waals surface area contributed by atoms with E-state index >= 15 is 0 Å². The Bertz CT molecular complexity index is 696. The topological polar surface area (TPSA) is 43.4 Å². The van der Waals surface area contributed by atoms with E-state index in [0.717, 1.165) is 10.5 Å². The largest absolute Gasteiger partial charge is 0.466 e. The molecule has 0 bridgehead atoms. The van der Waals surface area contributed by atoms with Gasteiger partial charge in [0.1, 0.15) is 0 Å². The minimum atomic E-state index is -0.582. The zero-order chi connectivity index (χ0) is 17.5. The molecule has 1 atom stereocenters. The highest BCUT2D eigenvalue weighted by molar-refractivity contribution is 7.98. The van der Waals surface area contributed by atoms with Crippen molar-refractivity contribution < 1.29 is 14.3 Å². The number of halogens is 1. The molecular weight excluding hydrogens is 344 g/mol. The Kier molecular flexibility index (Phi) is 6.88. The number of ether oxygens (including phenoxy) is 1. The monoisotopic (exact) mass is 362 g/mol. The van der Waals surface area contributed by atoms with Gasteiger partial charge in [0.25, 0.3) is 0 Å². The van der Waals surface area contributed by atoms with Gasteiger partial charge >= 0.3 is 5.97 Å². The SMILES string of the molecule is CCOC(=O)CC(C(=O)c1ccc(SC)cc1)c1ccc(Cl)cc1. The molecule has 0 N–H and O–H groups in total. The van der Waals surface area contributed by atoms with Gasteiger partial charge < -0.3 is 4.74 Å². The molecule has 1 unspecified atom stereocenters. The first-order valence-electron chi connectivity index (χ1n) is 7.64. The molecule has 3 nitrogen and oxygen atoms in total. The van der Waals surface area contributed by atoms with Crippen LogP contribution in [0.3, 0.4) is 0 Å². The maximum absolute atomic E-state index is 12.9. The fourth-order valence-corrected chi connectivity index (χ4v) is 2.93. The highest BCUT2D eigenvalue weighted by atomic mass is 35.5. The number of ketones is 1. The molecule has 126 valence electrons. The Balaban J connectivity index is 2.30. The van der Waals surface area contributed by atoms with Crippen molar-refractivity contribution in [2.75, 3.05) is 12.9 Å². The molecule has 0 aromatic heterocycles. The Morgan fingerprint density at radius 1 is 1.08 bits per heavy atom. The van der Waals surface area contributed by atoms with Crippen molar-refractivity contribution in [3.05, 3.63) is 64.7 Å². The van der Waals surface area contributed by atoms with E-state index < -0.39 is 5.92 Å². The predicted octanol–water partition coefficient (Wildman–Crippen LogP) is 4.98. The number of carbonyl (C=O) groups excluding carboxylic acids is 2. The van der Waals surface area contributed by atoms with E-state index in [4.69, 9.17) is 16.3 Å². The molecule has 0 radical (unpaired) electrons. The van der Waals surface area contributed by atoms with Crippen LogP contribution >= 0.6 is 23.4 Å². The van der Waals surface area contributed by atoms with E-state index in [0.29, 0.717) is 17.2 Å². The number of benzene rings is 2. The molecule has 0 aliphatic rings. The van der Waals surface area contributed by atoms with E-state index in [2.05, 4.69) is 0 Å². The third-order valence-electron chi connectivity index (χ3n) is 3.64. The van der Waals surface area contributed by atoms with Crippen molar-refractivity contribution in [1.82, 2.24) is 0 Å². The lowest BCUT2D eigenvalue weighted by Gasteiger charge is -2.16. The fraction of sp³-hybridized carbons (Fsp3) is 0.263. The molecule has 24 heavy (non-hydrogen) atoms. The summed E-state index contributed by atoms with van der Waals surface area (Å²) >= 11 is 7.54. The normalized spacial score (nSPS) is 11.8. The van der Waals surface area contributed by atoms with Gasteiger partial charge in [-0.05, 0) is 43.0 Å². The summed E-state index contributed by atoms with van der Waals surface area (Å²) in [7, 11) is 0. The molecule has 0 saturated carbocycles. The van der Waals surface area contributed by atoms with Crippen LogP contribution in [0.1, 0.15) is 35.2 Å². The summed E-state index contributed by atoms with van der Waals surface area (Å²) in [5.41, 5.74) is 1.34. The number of hydrogen-bond acceptors (Lipinski definition) is 4. The van der Waals surface area contributed by atoms with Crippen molar-refractivity contribution in [2.45, 2.75) is 24.2 Å². The number of thioether (sulfide) groups is 1. The van der Waals surface area contributed by atoms with Crippen LogP contribution < -0.4 is 0 Å². The average molecular weight is 363 g/mol. The summed E-state index contributed by atoms with van der Waals surface area (Å²) in [4.78, 5) is 25.9. The molecule has 0 heterocycles. The van der Waals surface area contributed by atoms with E-state index in [-0.39, 0.29) is 18.2 Å². The van der Waals surface area contributed by atoms with Gasteiger partial charge in [0, 0.05) is 15.5 Å². The lowest BCUT2D eigenvalue weighted by molar-refractivity contribution is -0.143. The van der Waals surface area contributed by atoms with Crippen LogP contribution in [0, 0.1) is 0 Å². The molecule has 0 spiro atoms. The molecule has 2 aromatic carbocycles. The highest BCUT2D eigenvalue weighted by Gasteiger charge is 2.25. The molecule has 0 aliphatic heterocycles. The van der Waals surface area contributed by atoms with E-state index in [9.17, 15) is 9.59 Å². The molecule has 5 heteroatoms. The van der Waals surface area contributed by atoms with Gasteiger partial charge in [0.2, 0.25) is 0 Å². The van der Waals surface area contributed by atoms with Gasteiger partial charge in [0.05, 0.1) is 18.9 Å². The number of rotatable bonds is 7. The third kappa shape index (κ3) is 4.86. The van der Waals surface area contributed by atoms with Crippen LogP contribution in [0.15, 0.2) is 53.4 Å². The quantitative estimate of drug-likeness (QED) is 0.395. The zero-order valence-electron chi connectivity index (χ0n) is 13.6. The Labute approximate surface area is 151 Å². The summed E-state index contributed by atoms with van der Waals surface area (Å²) in [5, 5.41) is 0.588. The lowest BCUT2D eigenvalue weighted by atomic mass is 9.88. The van der Waals surface area contributed by atoms with Crippen molar-refractivity contribution in [3.63, 3.8) is 0 Å². The lowest BCUT2D eigenvalue weighted by Crippen LogP contribution is -2.18. The molecular formula is C19H19ClO3S. The Morgan fingerprint density at radius 2 is 1.71 bits per heavy atom. The average Bonchev–Trinajstić information content (AvgIpc) is 2.60. The van der Waals surface area contributed by atoms with Gasteiger partial charge in [0.15, 0.2) is 5.78 Å². The minimum Gasteiger partial charge on any atom is -0.466 e.